The van der Waals surface area contributed by atoms with Crippen molar-refractivity contribution in [1.82, 2.24) is 19.7 Å². The van der Waals surface area contributed by atoms with Gasteiger partial charge in [0.05, 0.1) is 24.0 Å². The van der Waals surface area contributed by atoms with Crippen LogP contribution in [0.15, 0.2) is 36.7 Å². The number of carbonyl (C=O) groups excluding carboxylic acids is 1. The van der Waals surface area contributed by atoms with Gasteiger partial charge in [-0.25, -0.2) is 4.98 Å². The van der Waals surface area contributed by atoms with E-state index >= 15 is 0 Å². The van der Waals surface area contributed by atoms with Gasteiger partial charge in [-0.3, -0.25) is 14.5 Å². The number of aryl methyl sites for hydroxylation is 1. The van der Waals surface area contributed by atoms with E-state index in [4.69, 9.17) is 9.47 Å². The molecule has 0 radical (unpaired) electrons. The number of hydrogen-bond donors (Lipinski definition) is 1. The van der Waals surface area contributed by atoms with E-state index in [1.807, 2.05) is 13.1 Å². The summed E-state index contributed by atoms with van der Waals surface area (Å²) in [5.74, 6) is 0.712. The van der Waals surface area contributed by atoms with Crippen LogP contribution in [0.2, 0.25) is 0 Å². The summed E-state index contributed by atoms with van der Waals surface area (Å²) in [6.45, 7) is 2.18. The zero-order valence-corrected chi connectivity index (χ0v) is 15.1. The first kappa shape index (κ1) is 17.4. The van der Waals surface area contributed by atoms with Crippen LogP contribution in [0.25, 0.3) is 11.0 Å². The molecule has 1 aliphatic heterocycles. The predicted molar refractivity (Wildman–Crippen MR) is 99.7 cm³/mol. The minimum atomic E-state index is -0.282. The molecule has 140 valence electrons. The molecule has 1 aliphatic rings. The largest absolute Gasteiger partial charge is 0.475 e. The summed E-state index contributed by atoms with van der Waals surface area (Å²) < 4.78 is 13.0. The van der Waals surface area contributed by atoms with E-state index in [9.17, 15) is 4.79 Å². The summed E-state index contributed by atoms with van der Waals surface area (Å²) in [5.41, 5.74) is 2.40. The molecule has 1 amide bonds. The summed E-state index contributed by atoms with van der Waals surface area (Å²) in [5, 5.41) is 7.24. The third-order valence-electron chi connectivity index (χ3n) is 4.61. The number of rotatable bonds is 5. The number of nitrogens with zero attached hydrogens (tertiary/aromatic N) is 4. The van der Waals surface area contributed by atoms with Crippen LogP contribution in [0.3, 0.4) is 0 Å². The van der Waals surface area contributed by atoms with Crippen LogP contribution in [0, 0.1) is 5.92 Å². The Morgan fingerprint density at radius 2 is 2.19 bits per heavy atom. The van der Waals surface area contributed by atoms with Crippen molar-refractivity contribution in [2.75, 3.05) is 25.1 Å². The predicted octanol–water partition coefficient (Wildman–Crippen LogP) is 2.42. The zero-order chi connectivity index (χ0) is 18.6. The lowest BCUT2D eigenvalue weighted by atomic mass is 10.0. The Bertz CT molecular complexity index is 935. The second kappa shape index (κ2) is 7.71. The van der Waals surface area contributed by atoms with Gasteiger partial charge in [0.25, 0.3) is 11.8 Å². The second-order valence-corrected chi connectivity index (χ2v) is 6.56. The monoisotopic (exact) mass is 367 g/mol. The van der Waals surface area contributed by atoms with Crippen LogP contribution >= 0.6 is 0 Å². The Morgan fingerprint density at radius 1 is 1.33 bits per heavy atom. The summed E-state index contributed by atoms with van der Waals surface area (Å²) in [6, 6.07) is 7.03. The van der Waals surface area contributed by atoms with Gasteiger partial charge in [-0.15, -0.1) is 5.10 Å². The third-order valence-corrected chi connectivity index (χ3v) is 4.61. The molecule has 0 atom stereocenters. The first-order valence-electron chi connectivity index (χ1n) is 8.96. The SMILES string of the molecule is Cn1nc(OCC2CCOCC2)c2ncc(NC(=O)c3ccccn3)cc21. The highest BCUT2D eigenvalue weighted by Crippen LogP contribution is 2.26. The fourth-order valence-corrected chi connectivity index (χ4v) is 3.07. The van der Waals surface area contributed by atoms with Crippen LogP contribution in [0.1, 0.15) is 23.3 Å². The molecule has 1 N–H and O–H groups in total. The number of amides is 1. The van der Waals surface area contributed by atoms with Crippen molar-refractivity contribution in [2.45, 2.75) is 12.8 Å². The van der Waals surface area contributed by atoms with Crippen molar-refractivity contribution in [3.8, 4) is 5.88 Å². The van der Waals surface area contributed by atoms with E-state index in [1.54, 1.807) is 35.3 Å². The van der Waals surface area contributed by atoms with Crippen LogP contribution in [0.4, 0.5) is 5.69 Å². The molecule has 0 aliphatic carbocycles. The molecule has 4 heterocycles. The number of anilines is 1. The molecule has 3 aromatic rings. The Labute approximate surface area is 156 Å². The van der Waals surface area contributed by atoms with Crippen molar-refractivity contribution in [3.63, 3.8) is 0 Å². The average Bonchev–Trinajstić information content (AvgIpc) is 3.03. The van der Waals surface area contributed by atoms with Crippen molar-refractivity contribution in [1.29, 1.82) is 0 Å². The van der Waals surface area contributed by atoms with E-state index in [2.05, 4.69) is 20.4 Å². The molecule has 8 nitrogen and oxygen atoms in total. The van der Waals surface area contributed by atoms with E-state index in [0.717, 1.165) is 31.6 Å². The number of hydrogen-bond acceptors (Lipinski definition) is 6. The first-order valence-corrected chi connectivity index (χ1v) is 8.96. The van der Waals surface area contributed by atoms with Crippen LogP contribution in [0.5, 0.6) is 5.88 Å². The highest BCUT2D eigenvalue weighted by Gasteiger charge is 2.18. The lowest BCUT2D eigenvalue weighted by Gasteiger charge is -2.21. The number of pyridine rings is 2. The normalized spacial score (nSPS) is 15.0. The summed E-state index contributed by atoms with van der Waals surface area (Å²) in [6.07, 6.45) is 5.19. The Kier molecular flexibility index (Phi) is 4.97. The van der Waals surface area contributed by atoms with Gasteiger partial charge in [0, 0.05) is 26.5 Å². The number of aromatic nitrogens is 4. The van der Waals surface area contributed by atoms with Crippen molar-refractivity contribution >= 4 is 22.6 Å². The molecule has 1 fully saturated rings. The number of carbonyl (C=O) groups is 1. The lowest BCUT2D eigenvalue weighted by Crippen LogP contribution is -2.21. The molecule has 4 rings (SSSR count). The van der Waals surface area contributed by atoms with Crippen molar-refractivity contribution in [3.05, 3.63) is 42.4 Å². The molecule has 27 heavy (non-hydrogen) atoms. The molecule has 0 unspecified atom stereocenters. The van der Waals surface area contributed by atoms with Gasteiger partial charge in [-0.2, -0.15) is 0 Å². The fraction of sp³-hybridized carbons (Fsp3) is 0.368. The maximum atomic E-state index is 12.3. The molecular weight excluding hydrogens is 346 g/mol. The van der Waals surface area contributed by atoms with E-state index in [-0.39, 0.29) is 5.91 Å². The minimum absolute atomic E-state index is 0.282. The Balaban J connectivity index is 1.49. The first-order chi connectivity index (χ1) is 13.2. The Hall–Kier alpha value is -3.00. The summed E-state index contributed by atoms with van der Waals surface area (Å²) in [4.78, 5) is 20.8. The van der Waals surface area contributed by atoms with Crippen molar-refractivity contribution in [2.24, 2.45) is 13.0 Å². The molecule has 8 heteroatoms. The van der Waals surface area contributed by atoms with Gasteiger partial charge >= 0.3 is 0 Å². The molecule has 1 saturated heterocycles. The molecule has 0 bridgehead atoms. The molecule has 0 saturated carbocycles. The van der Waals surface area contributed by atoms with Crippen molar-refractivity contribution < 1.29 is 14.3 Å². The van der Waals surface area contributed by atoms with Gasteiger partial charge in [-0.05, 0) is 37.0 Å². The number of ether oxygens (including phenoxy) is 2. The minimum Gasteiger partial charge on any atom is -0.475 e. The topological polar surface area (TPSA) is 91.2 Å². The fourth-order valence-electron chi connectivity index (χ4n) is 3.07. The highest BCUT2D eigenvalue weighted by atomic mass is 16.5. The molecule has 3 aromatic heterocycles. The maximum Gasteiger partial charge on any atom is 0.274 e. The number of nitrogens with one attached hydrogen (secondary N) is 1. The summed E-state index contributed by atoms with van der Waals surface area (Å²) in [7, 11) is 1.83. The van der Waals surface area contributed by atoms with E-state index in [0.29, 0.717) is 35.3 Å². The van der Waals surface area contributed by atoms with Crippen LogP contribution in [-0.2, 0) is 11.8 Å². The molecular formula is C19H21N5O3. The maximum absolute atomic E-state index is 12.3. The van der Waals surface area contributed by atoms with Crippen LogP contribution < -0.4 is 10.1 Å². The van der Waals surface area contributed by atoms with Gasteiger partial charge in [0.15, 0.2) is 5.52 Å². The van der Waals surface area contributed by atoms with Gasteiger partial charge in [-0.1, -0.05) is 6.07 Å². The van der Waals surface area contributed by atoms with E-state index < -0.39 is 0 Å². The van der Waals surface area contributed by atoms with E-state index in [1.165, 1.54) is 0 Å². The smallest absolute Gasteiger partial charge is 0.274 e. The molecule has 0 aromatic carbocycles. The standard InChI is InChI=1S/C19H21N5O3/c1-24-16-10-14(22-18(25)15-4-2-3-7-20-15)11-21-17(16)19(23-24)27-12-13-5-8-26-9-6-13/h2-4,7,10-11,13H,5-6,8-9,12H2,1H3,(H,22,25). The van der Waals surface area contributed by atoms with Crippen LogP contribution in [-0.4, -0.2) is 45.5 Å². The van der Waals surface area contributed by atoms with Gasteiger partial charge in [0.1, 0.15) is 5.69 Å². The lowest BCUT2D eigenvalue weighted by molar-refractivity contribution is 0.0491. The quantitative estimate of drug-likeness (QED) is 0.745. The second-order valence-electron chi connectivity index (χ2n) is 6.56. The summed E-state index contributed by atoms with van der Waals surface area (Å²) >= 11 is 0. The zero-order valence-electron chi connectivity index (χ0n) is 15.1. The highest BCUT2D eigenvalue weighted by molar-refractivity contribution is 6.03. The third kappa shape index (κ3) is 3.90. The average molecular weight is 367 g/mol. The Morgan fingerprint density at radius 3 is 2.96 bits per heavy atom. The van der Waals surface area contributed by atoms with Gasteiger partial charge in [0.2, 0.25) is 0 Å². The van der Waals surface area contributed by atoms with Gasteiger partial charge < -0.3 is 14.8 Å². The number of fused-ring (bicyclic) bond motifs is 1. The molecule has 0 spiro atoms.